The fourth-order valence-corrected chi connectivity index (χ4v) is 4.51. The second-order valence-electron chi connectivity index (χ2n) is 6.43. The molecule has 2 aliphatic rings. The summed E-state index contributed by atoms with van der Waals surface area (Å²) in [5.41, 5.74) is 0.778. The van der Waals surface area contributed by atoms with Crippen LogP contribution in [0.4, 0.5) is 0 Å². The molecular formula is C16H22N2O3S. The Kier molecular flexibility index (Phi) is 4.21. The van der Waals surface area contributed by atoms with Crippen molar-refractivity contribution in [2.45, 2.75) is 39.5 Å². The summed E-state index contributed by atoms with van der Waals surface area (Å²) < 4.78 is 0. The van der Waals surface area contributed by atoms with E-state index < -0.39 is 11.9 Å². The summed E-state index contributed by atoms with van der Waals surface area (Å²) in [5, 5.41) is 10.4. The van der Waals surface area contributed by atoms with E-state index in [1.54, 1.807) is 4.90 Å². The van der Waals surface area contributed by atoms with E-state index in [2.05, 4.69) is 11.9 Å². The number of thiazole rings is 1. The highest BCUT2D eigenvalue weighted by molar-refractivity contribution is 7.13. The Balaban J connectivity index is 1.76. The van der Waals surface area contributed by atoms with Crippen molar-refractivity contribution in [3.05, 3.63) is 15.6 Å². The van der Waals surface area contributed by atoms with E-state index in [9.17, 15) is 14.7 Å². The van der Waals surface area contributed by atoms with Crippen molar-refractivity contribution in [1.29, 1.82) is 0 Å². The molecule has 2 heterocycles. The van der Waals surface area contributed by atoms with Gasteiger partial charge in [-0.3, -0.25) is 9.59 Å². The van der Waals surface area contributed by atoms with Crippen molar-refractivity contribution in [2.75, 3.05) is 13.1 Å². The predicted molar refractivity (Wildman–Crippen MR) is 84.1 cm³/mol. The lowest BCUT2D eigenvalue weighted by molar-refractivity contribution is -0.142. The van der Waals surface area contributed by atoms with Crippen LogP contribution in [0, 0.1) is 24.7 Å². The van der Waals surface area contributed by atoms with E-state index >= 15 is 0 Å². The SMILES string of the molecule is CCCc1nc(C)c(C(=O)N2C[C@H](C(=O)O)[C@@H](C3CC3)C2)s1. The predicted octanol–water partition coefficient (Wildman–Crippen LogP) is 2.59. The molecule has 6 heteroatoms. The van der Waals surface area contributed by atoms with Crippen LogP contribution >= 0.6 is 11.3 Å². The number of amides is 1. The molecule has 0 unspecified atom stereocenters. The lowest BCUT2D eigenvalue weighted by atomic mass is 9.92. The van der Waals surface area contributed by atoms with Crippen molar-refractivity contribution < 1.29 is 14.7 Å². The third-order valence-electron chi connectivity index (χ3n) is 4.70. The zero-order chi connectivity index (χ0) is 15.9. The van der Waals surface area contributed by atoms with Crippen LogP contribution in [-0.4, -0.2) is 40.0 Å². The first-order valence-corrected chi connectivity index (χ1v) is 8.81. The molecule has 2 atom stereocenters. The Bertz CT molecular complexity index is 594. The molecule has 1 aliphatic heterocycles. The smallest absolute Gasteiger partial charge is 0.308 e. The van der Waals surface area contributed by atoms with Crippen molar-refractivity contribution in [2.24, 2.45) is 17.8 Å². The second kappa shape index (κ2) is 5.99. The Labute approximate surface area is 134 Å². The van der Waals surface area contributed by atoms with Gasteiger partial charge in [-0.05, 0) is 44.4 Å². The Morgan fingerprint density at radius 3 is 2.68 bits per heavy atom. The molecule has 3 rings (SSSR count). The number of carbonyl (C=O) groups is 2. The number of likely N-dealkylation sites (tertiary alicyclic amines) is 1. The summed E-state index contributed by atoms with van der Waals surface area (Å²) in [6, 6.07) is 0. The van der Waals surface area contributed by atoms with E-state index in [4.69, 9.17) is 0 Å². The van der Waals surface area contributed by atoms with Crippen LogP contribution < -0.4 is 0 Å². The number of aliphatic carboxylic acids is 1. The molecule has 1 N–H and O–H groups in total. The van der Waals surface area contributed by atoms with Gasteiger partial charge < -0.3 is 10.0 Å². The van der Waals surface area contributed by atoms with Gasteiger partial charge in [0.1, 0.15) is 4.88 Å². The van der Waals surface area contributed by atoms with Crippen molar-refractivity contribution in [1.82, 2.24) is 9.88 Å². The maximum absolute atomic E-state index is 12.7. The summed E-state index contributed by atoms with van der Waals surface area (Å²) >= 11 is 1.46. The summed E-state index contributed by atoms with van der Waals surface area (Å²) in [6.45, 7) is 4.89. The third kappa shape index (κ3) is 2.89. The second-order valence-corrected chi connectivity index (χ2v) is 7.51. The quantitative estimate of drug-likeness (QED) is 0.904. The minimum Gasteiger partial charge on any atom is -0.481 e. The fourth-order valence-electron chi connectivity index (χ4n) is 3.37. The molecule has 120 valence electrons. The van der Waals surface area contributed by atoms with Gasteiger partial charge in [-0.15, -0.1) is 11.3 Å². The monoisotopic (exact) mass is 322 g/mol. The minimum atomic E-state index is -0.764. The number of nitrogens with zero attached hydrogens (tertiary/aromatic N) is 2. The minimum absolute atomic E-state index is 0.0354. The van der Waals surface area contributed by atoms with Gasteiger partial charge in [0.2, 0.25) is 0 Å². The van der Waals surface area contributed by atoms with Gasteiger partial charge in [0.15, 0.2) is 0 Å². The molecule has 0 radical (unpaired) electrons. The van der Waals surface area contributed by atoms with E-state index in [0.29, 0.717) is 23.9 Å². The summed E-state index contributed by atoms with van der Waals surface area (Å²) in [6.07, 6.45) is 4.11. The zero-order valence-electron chi connectivity index (χ0n) is 13.0. The van der Waals surface area contributed by atoms with Crippen LogP contribution in [0.2, 0.25) is 0 Å². The normalized spacial score (nSPS) is 24.7. The van der Waals surface area contributed by atoms with Crippen molar-refractivity contribution in [3.63, 3.8) is 0 Å². The number of hydrogen-bond acceptors (Lipinski definition) is 4. The first-order chi connectivity index (χ1) is 10.5. The number of rotatable bonds is 5. The van der Waals surface area contributed by atoms with Crippen LogP contribution in [0.5, 0.6) is 0 Å². The van der Waals surface area contributed by atoms with Crippen LogP contribution in [0.1, 0.15) is 46.6 Å². The van der Waals surface area contributed by atoms with Crippen LogP contribution in [0.25, 0.3) is 0 Å². The molecule has 1 saturated heterocycles. The highest BCUT2D eigenvalue weighted by Crippen LogP contribution is 2.44. The molecule has 5 nitrogen and oxygen atoms in total. The van der Waals surface area contributed by atoms with E-state index in [1.807, 2.05) is 6.92 Å². The van der Waals surface area contributed by atoms with Crippen LogP contribution in [-0.2, 0) is 11.2 Å². The summed E-state index contributed by atoms with van der Waals surface area (Å²) in [7, 11) is 0. The first kappa shape index (κ1) is 15.5. The number of hydrogen-bond donors (Lipinski definition) is 1. The Hall–Kier alpha value is -1.43. The van der Waals surface area contributed by atoms with Gasteiger partial charge in [0.25, 0.3) is 5.91 Å². The zero-order valence-corrected chi connectivity index (χ0v) is 13.9. The molecule has 0 bridgehead atoms. The number of carbonyl (C=O) groups excluding carboxylic acids is 1. The molecule has 1 aromatic heterocycles. The van der Waals surface area contributed by atoms with Crippen LogP contribution in [0.3, 0.4) is 0 Å². The van der Waals surface area contributed by atoms with Gasteiger partial charge >= 0.3 is 5.97 Å². The lowest BCUT2D eigenvalue weighted by Crippen LogP contribution is -2.29. The van der Waals surface area contributed by atoms with Gasteiger partial charge in [-0.1, -0.05) is 6.92 Å². The van der Waals surface area contributed by atoms with Gasteiger partial charge in [0.05, 0.1) is 16.6 Å². The Morgan fingerprint density at radius 2 is 2.09 bits per heavy atom. The number of carboxylic acids is 1. The van der Waals surface area contributed by atoms with Gasteiger partial charge in [-0.25, -0.2) is 4.98 Å². The lowest BCUT2D eigenvalue weighted by Gasteiger charge is -2.15. The molecule has 22 heavy (non-hydrogen) atoms. The molecule has 1 aliphatic carbocycles. The molecule has 0 aromatic carbocycles. The number of aryl methyl sites for hydroxylation is 2. The largest absolute Gasteiger partial charge is 0.481 e. The molecule has 2 fully saturated rings. The third-order valence-corrected chi connectivity index (χ3v) is 5.90. The fraction of sp³-hybridized carbons (Fsp3) is 0.688. The maximum atomic E-state index is 12.7. The summed E-state index contributed by atoms with van der Waals surface area (Å²) in [5.74, 6) is -0.576. The Morgan fingerprint density at radius 1 is 1.36 bits per heavy atom. The summed E-state index contributed by atoms with van der Waals surface area (Å²) in [4.78, 5) is 31.1. The van der Waals surface area contributed by atoms with Gasteiger partial charge in [-0.2, -0.15) is 0 Å². The molecule has 1 aromatic rings. The molecule has 1 amide bonds. The maximum Gasteiger partial charge on any atom is 0.308 e. The van der Waals surface area contributed by atoms with E-state index in [0.717, 1.165) is 36.4 Å². The van der Waals surface area contributed by atoms with E-state index in [1.165, 1.54) is 11.3 Å². The molecule has 0 spiro atoms. The van der Waals surface area contributed by atoms with Gasteiger partial charge in [0, 0.05) is 13.1 Å². The molecular weight excluding hydrogens is 300 g/mol. The topological polar surface area (TPSA) is 70.5 Å². The average Bonchev–Trinajstić information content (AvgIpc) is 3.10. The van der Waals surface area contributed by atoms with E-state index in [-0.39, 0.29) is 11.8 Å². The highest BCUT2D eigenvalue weighted by Gasteiger charge is 2.47. The number of carboxylic acid groups (broad SMARTS) is 1. The molecule has 1 saturated carbocycles. The van der Waals surface area contributed by atoms with Crippen molar-refractivity contribution in [3.8, 4) is 0 Å². The average molecular weight is 322 g/mol. The van der Waals surface area contributed by atoms with Crippen LogP contribution in [0.15, 0.2) is 0 Å². The standard InChI is InChI=1S/C16H22N2O3S/c1-3-4-13-17-9(2)14(22-13)15(19)18-7-11(10-5-6-10)12(8-18)16(20)21/h10-12H,3-8H2,1-2H3,(H,20,21)/t11-,12+/m1/s1. The highest BCUT2D eigenvalue weighted by atomic mass is 32.1. The first-order valence-electron chi connectivity index (χ1n) is 7.99. The van der Waals surface area contributed by atoms with Crippen molar-refractivity contribution >= 4 is 23.2 Å². The number of aromatic nitrogens is 1.